The maximum Gasteiger partial charge on any atom is 0.132 e. The molecule has 108 valence electrons. The van der Waals surface area contributed by atoms with Gasteiger partial charge in [-0.2, -0.15) is 0 Å². The third-order valence-electron chi connectivity index (χ3n) is 3.55. The Bertz CT molecular complexity index is 768. The molecule has 1 N–H and O–H groups in total. The maximum atomic E-state index is 14.2. The van der Waals surface area contributed by atoms with E-state index in [0.717, 1.165) is 40.0 Å². The van der Waals surface area contributed by atoms with E-state index in [1.54, 1.807) is 23.6 Å². The molecule has 3 nitrogen and oxygen atoms in total. The van der Waals surface area contributed by atoms with Crippen molar-refractivity contribution in [2.45, 2.75) is 20.3 Å². The van der Waals surface area contributed by atoms with Crippen molar-refractivity contribution in [1.29, 1.82) is 0 Å². The summed E-state index contributed by atoms with van der Waals surface area (Å²) in [5.74, 6) is 0.663. The van der Waals surface area contributed by atoms with Crippen LogP contribution in [0.15, 0.2) is 30.7 Å². The second-order valence-corrected chi connectivity index (χ2v) is 6.20. The molecule has 0 aliphatic rings. The molecule has 3 rings (SSSR count). The van der Waals surface area contributed by atoms with Crippen LogP contribution < -0.4 is 5.32 Å². The highest BCUT2D eigenvalue weighted by Gasteiger charge is 2.14. The van der Waals surface area contributed by atoms with Gasteiger partial charge in [0, 0.05) is 27.7 Å². The van der Waals surface area contributed by atoms with Crippen molar-refractivity contribution in [1.82, 2.24) is 9.97 Å². The molecule has 0 radical (unpaired) electrons. The first-order valence-electron chi connectivity index (χ1n) is 6.84. The number of hydrogen-bond acceptors (Lipinski definition) is 4. The van der Waals surface area contributed by atoms with Gasteiger partial charge < -0.3 is 5.32 Å². The van der Waals surface area contributed by atoms with E-state index in [2.05, 4.69) is 22.2 Å². The van der Waals surface area contributed by atoms with Crippen LogP contribution in [0.4, 0.5) is 10.2 Å². The summed E-state index contributed by atoms with van der Waals surface area (Å²) in [5, 5.41) is 4.02. The zero-order chi connectivity index (χ0) is 14.8. The number of hydrogen-bond donors (Lipinski definition) is 1. The number of fused-ring (bicyclic) bond motifs is 1. The molecule has 0 fully saturated rings. The highest BCUT2D eigenvalue weighted by Crippen LogP contribution is 2.35. The van der Waals surface area contributed by atoms with Crippen molar-refractivity contribution in [2.75, 3.05) is 11.9 Å². The summed E-state index contributed by atoms with van der Waals surface area (Å²) < 4.78 is 15.2. The van der Waals surface area contributed by atoms with E-state index >= 15 is 0 Å². The number of aromatic nitrogens is 2. The summed E-state index contributed by atoms with van der Waals surface area (Å²) in [6, 6.07) is 5.23. The van der Waals surface area contributed by atoms with E-state index in [0.29, 0.717) is 0 Å². The Morgan fingerprint density at radius 1 is 1.24 bits per heavy atom. The lowest BCUT2D eigenvalue weighted by molar-refractivity contribution is 0.638. The molecule has 0 saturated carbocycles. The molecule has 0 aliphatic carbocycles. The molecule has 0 unspecified atom stereocenters. The third kappa shape index (κ3) is 2.74. The number of rotatable bonds is 4. The van der Waals surface area contributed by atoms with Gasteiger partial charge in [0.05, 0.1) is 0 Å². The van der Waals surface area contributed by atoms with E-state index in [9.17, 15) is 4.39 Å². The van der Waals surface area contributed by atoms with E-state index in [1.807, 2.05) is 19.1 Å². The molecule has 1 aromatic carbocycles. The molecule has 2 heterocycles. The Labute approximate surface area is 126 Å². The summed E-state index contributed by atoms with van der Waals surface area (Å²) in [7, 11) is 0. The fourth-order valence-electron chi connectivity index (χ4n) is 2.48. The summed E-state index contributed by atoms with van der Waals surface area (Å²) in [5.41, 5.74) is 2.23. The van der Waals surface area contributed by atoms with Gasteiger partial charge in [-0.3, -0.25) is 0 Å². The lowest BCUT2D eigenvalue weighted by Gasteiger charge is -2.06. The smallest absolute Gasteiger partial charge is 0.132 e. The monoisotopic (exact) mass is 301 g/mol. The highest BCUT2D eigenvalue weighted by molar-refractivity contribution is 7.19. The van der Waals surface area contributed by atoms with Gasteiger partial charge in [-0.05, 0) is 43.5 Å². The van der Waals surface area contributed by atoms with Gasteiger partial charge in [-0.15, -0.1) is 11.3 Å². The standard InChI is InChI=1S/C16H16FN3S/c1-10-3-4-13(17)15-12(11(2)21-16(10)15)5-8-19-14-6-7-18-9-20-14/h3-4,6-7,9H,5,8H2,1-2H3,(H,18,19,20). The van der Waals surface area contributed by atoms with Crippen LogP contribution in [-0.4, -0.2) is 16.5 Å². The van der Waals surface area contributed by atoms with Gasteiger partial charge in [0.25, 0.3) is 0 Å². The Morgan fingerprint density at radius 3 is 2.86 bits per heavy atom. The Kier molecular flexibility index (Phi) is 3.84. The van der Waals surface area contributed by atoms with E-state index in [1.165, 1.54) is 11.2 Å². The van der Waals surface area contributed by atoms with Crippen LogP contribution in [-0.2, 0) is 6.42 Å². The van der Waals surface area contributed by atoms with Crippen LogP contribution >= 0.6 is 11.3 Å². The van der Waals surface area contributed by atoms with Crippen molar-refractivity contribution in [3.8, 4) is 0 Å². The van der Waals surface area contributed by atoms with E-state index in [-0.39, 0.29) is 5.82 Å². The van der Waals surface area contributed by atoms with Crippen molar-refractivity contribution < 1.29 is 4.39 Å². The molecule has 3 aromatic rings. The average molecular weight is 301 g/mol. The van der Waals surface area contributed by atoms with Crippen LogP contribution in [0.1, 0.15) is 16.0 Å². The molecular weight excluding hydrogens is 285 g/mol. The van der Waals surface area contributed by atoms with E-state index < -0.39 is 0 Å². The first-order valence-corrected chi connectivity index (χ1v) is 7.65. The van der Waals surface area contributed by atoms with Gasteiger partial charge in [-0.25, -0.2) is 14.4 Å². The van der Waals surface area contributed by atoms with Gasteiger partial charge in [0.2, 0.25) is 0 Å². The number of nitrogens with zero attached hydrogens (tertiary/aromatic N) is 2. The summed E-state index contributed by atoms with van der Waals surface area (Å²) in [4.78, 5) is 9.18. The van der Waals surface area contributed by atoms with Gasteiger partial charge in [0.15, 0.2) is 0 Å². The Balaban J connectivity index is 1.84. The van der Waals surface area contributed by atoms with Crippen molar-refractivity contribution in [2.24, 2.45) is 0 Å². The number of benzene rings is 1. The molecule has 21 heavy (non-hydrogen) atoms. The largest absolute Gasteiger partial charge is 0.370 e. The number of anilines is 1. The summed E-state index contributed by atoms with van der Waals surface area (Å²) >= 11 is 1.67. The fourth-order valence-corrected chi connectivity index (χ4v) is 3.66. The highest BCUT2D eigenvalue weighted by atomic mass is 32.1. The molecule has 0 amide bonds. The van der Waals surface area contributed by atoms with Gasteiger partial charge >= 0.3 is 0 Å². The number of thiophene rings is 1. The minimum absolute atomic E-state index is 0.128. The van der Waals surface area contributed by atoms with Crippen LogP contribution in [0, 0.1) is 19.7 Å². The van der Waals surface area contributed by atoms with Crippen LogP contribution in [0.2, 0.25) is 0 Å². The first kappa shape index (κ1) is 13.9. The predicted molar refractivity (Wildman–Crippen MR) is 85.5 cm³/mol. The predicted octanol–water partition coefficient (Wildman–Crippen LogP) is 4.10. The fraction of sp³-hybridized carbons (Fsp3) is 0.250. The topological polar surface area (TPSA) is 37.8 Å². The Hall–Kier alpha value is -2.01. The number of nitrogens with one attached hydrogen (secondary N) is 1. The minimum Gasteiger partial charge on any atom is -0.370 e. The quantitative estimate of drug-likeness (QED) is 0.788. The molecule has 0 spiro atoms. The molecule has 0 saturated heterocycles. The molecule has 0 bridgehead atoms. The zero-order valence-corrected chi connectivity index (χ0v) is 12.8. The second kappa shape index (κ2) is 5.77. The first-order chi connectivity index (χ1) is 10.2. The number of halogens is 1. The Morgan fingerprint density at radius 2 is 2.10 bits per heavy atom. The molecular formula is C16H16FN3S. The van der Waals surface area contributed by atoms with Gasteiger partial charge in [0.1, 0.15) is 18.0 Å². The average Bonchev–Trinajstić information content (AvgIpc) is 2.83. The number of aryl methyl sites for hydroxylation is 2. The molecule has 0 aliphatic heterocycles. The lowest BCUT2D eigenvalue weighted by atomic mass is 10.1. The molecule has 5 heteroatoms. The zero-order valence-electron chi connectivity index (χ0n) is 12.0. The van der Waals surface area contributed by atoms with Crippen molar-refractivity contribution in [3.05, 3.63) is 52.5 Å². The molecule has 0 atom stereocenters. The van der Waals surface area contributed by atoms with Crippen LogP contribution in [0.25, 0.3) is 10.1 Å². The van der Waals surface area contributed by atoms with Crippen LogP contribution in [0.5, 0.6) is 0 Å². The molecule has 2 aromatic heterocycles. The minimum atomic E-state index is -0.128. The SMILES string of the molecule is Cc1sc2c(C)ccc(F)c2c1CCNc1ccncn1. The summed E-state index contributed by atoms with van der Waals surface area (Å²) in [6.07, 6.45) is 3.98. The van der Waals surface area contributed by atoms with Gasteiger partial charge in [-0.1, -0.05) is 6.07 Å². The third-order valence-corrected chi connectivity index (χ3v) is 4.83. The van der Waals surface area contributed by atoms with Crippen molar-refractivity contribution >= 4 is 27.2 Å². The maximum absolute atomic E-state index is 14.2. The lowest BCUT2D eigenvalue weighted by Crippen LogP contribution is -2.06. The normalized spacial score (nSPS) is 11.0. The second-order valence-electron chi connectivity index (χ2n) is 4.98. The van der Waals surface area contributed by atoms with Crippen LogP contribution in [0.3, 0.4) is 0 Å². The van der Waals surface area contributed by atoms with Crippen molar-refractivity contribution in [3.63, 3.8) is 0 Å². The van der Waals surface area contributed by atoms with E-state index in [4.69, 9.17) is 0 Å². The summed E-state index contributed by atoms with van der Waals surface area (Å²) in [6.45, 7) is 4.81.